The summed E-state index contributed by atoms with van der Waals surface area (Å²) in [5.41, 5.74) is 0.313. The number of benzene rings is 2. The lowest BCUT2D eigenvalue weighted by atomic mass is 10.1. The number of esters is 1. The number of hydrogen-bond acceptors (Lipinski definition) is 6. The van der Waals surface area contributed by atoms with Crippen LogP contribution in [0, 0.1) is 13.8 Å². The van der Waals surface area contributed by atoms with Crippen molar-refractivity contribution in [3.8, 4) is 0 Å². The molecule has 1 atom stereocenters. The molecule has 176 valence electrons. The van der Waals surface area contributed by atoms with E-state index in [9.17, 15) is 22.8 Å². The van der Waals surface area contributed by atoms with Crippen molar-refractivity contribution >= 4 is 38.9 Å². The lowest BCUT2D eigenvalue weighted by molar-refractivity contribution is -0.137. The number of carbonyl (C=O) groups is 1. The van der Waals surface area contributed by atoms with Gasteiger partial charge in [-0.1, -0.05) is 18.2 Å². The first-order valence-corrected chi connectivity index (χ1v) is 11.1. The quantitative estimate of drug-likeness (QED) is 0.324. The molecule has 2 heterocycles. The normalized spacial score (nSPS) is 12.5. The van der Waals surface area contributed by atoms with E-state index in [-0.39, 0.29) is 28.3 Å². The summed E-state index contributed by atoms with van der Waals surface area (Å²) in [5.74, 6) is -0.515. The maximum absolute atomic E-state index is 13.0. The van der Waals surface area contributed by atoms with Crippen molar-refractivity contribution in [2.24, 2.45) is 0 Å². The topological polar surface area (TPSA) is 84.1 Å². The zero-order chi connectivity index (χ0) is 24.6. The van der Waals surface area contributed by atoms with Gasteiger partial charge in [-0.15, -0.1) is 11.3 Å². The molecule has 4 rings (SSSR count). The molecule has 2 N–H and O–H groups in total. The first kappa shape index (κ1) is 23.5. The average molecular weight is 488 g/mol. The number of fused-ring (bicyclic) bond motifs is 1. The summed E-state index contributed by atoms with van der Waals surface area (Å²) >= 11 is 1.38. The highest BCUT2D eigenvalue weighted by Gasteiger charge is 2.30. The third kappa shape index (κ3) is 4.67. The van der Waals surface area contributed by atoms with Crippen LogP contribution in [0.15, 0.2) is 53.3 Å². The highest BCUT2D eigenvalue weighted by Crippen LogP contribution is 2.32. The molecule has 0 unspecified atom stereocenters. The predicted molar refractivity (Wildman–Crippen MR) is 125 cm³/mol. The summed E-state index contributed by atoms with van der Waals surface area (Å²) in [4.78, 5) is 34.1. The standard InChI is InChI=1S/C24H20F3N3O3S/c1-12-14(3)34-22-19(12)21(31)29-20(30-22)13(2)33-23(32)17-9-4-5-10-18(17)28-16-8-6-7-15(11-16)24(25,26)27/h4-11,13,28H,1-3H3,(H,29,30,31)/t13-/m1/s1. The van der Waals surface area contributed by atoms with Gasteiger partial charge in [-0.25, -0.2) is 9.78 Å². The minimum atomic E-state index is -4.49. The van der Waals surface area contributed by atoms with E-state index < -0.39 is 23.8 Å². The van der Waals surface area contributed by atoms with E-state index in [1.807, 2.05) is 13.8 Å². The second-order valence-corrected chi connectivity index (χ2v) is 8.91. The first-order chi connectivity index (χ1) is 16.0. The molecule has 2 aromatic carbocycles. The molecule has 0 aliphatic heterocycles. The molecule has 10 heteroatoms. The van der Waals surface area contributed by atoms with Crippen molar-refractivity contribution in [2.45, 2.75) is 33.1 Å². The number of nitrogens with one attached hydrogen (secondary N) is 2. The fourth-order valence-corrected chi connectivity index (χ4v) is 4.48. The minimum Gasteiger partial charge on any atom is -0.451 e. The number of hydrogen-bond donors (Lipinski definition) is 2. The van der Waals surface area contributed by atoms with Gasteiger partial charge >= 0.3 is 12.1 Å². The predicted octanol–water partition coefficient (Wildman–Crippen LogP) is 6.28. The molecule has 0 saturated carbocycles. The number of carbonyl (C=O) groups excluding carboxylic acids is 1. The van der Waals surface area contributed by atoms with E-state index in [0.29, 0.717) is 10.2 Å². The SMILES string of the molecule is Cc1sc2nc([C@@H](C)OC(=O)c3ccccc3Nc3cccc(C(F)(F)F)c3)[nH]c(=O)c2c1C. The van der Waals surface area contributed by atoms with Crippen LogP contribution in [0.1, 0.15) is 45.2 Å². The van der Waals surface area contributed by atoms with Crippen molar-refractivity contribution in [3.05, 3.63) is 86.3 Å². The molecule has 0 bridgehead atoms. The molecule has 4 aromatic rings. The number of aryl methyl sites for hydroxylation is 2. The Morgan fingerprint density at radius 1 is 1.15 bits per heavy atom. The Balaban J connectivity index is 1.58. The largest absolute Gasteiger partial charge is 0.451 e. The van der Waals surface area contributed by atoms with Crippen molar-refractivity contribution in [2.75, 3.05) is 5.32 Å². The van der Waals surface area contributed by atoms with Gasteiger partial charge in [-0.05, 0) is 56.7 Å². The van der Waals surface area contributed by atoms with Crippen LogP contribution < -0.4 is 10.9 Å². The van der Waals surface area contributed by atoms with Crippen LogP contribution in [0.2, 0.25) is 0 Å². The van der Waals surface area contributed by atoms with Crippen LogP contribution in [0.3, 0.4) is 0 Å². The number of halogens is 3. The number of thiophene rings is 1. The summed E-state index contributed by atoms with van der Waals surface area (Å²) in [6.07, 6.45) is -5.36. The molecule has 0 spiro atoms. The Labute approximate surface area is 196 Å². The van der Waals surface area contributed by atoms with Crippen LogP contribution >= 0.6 is 11.3 Å². The van der Waals surface area contributed by atoms with Crippen molar-refractivity contribution in [1.82, 2.24) is 9.97 Å². The second-order valence-electron chi connectivity index (χ2n) is 7.71. The van der Waals surface area contributed by atoms with Crippen LogP contribution in [-0.2, 0) is 10.9 Å². The molecule has 6 nitrogen and oxygen atoms in total. The number of rotatable bonds is 5. The number of ether oxygens (including phenoxy) is 1. The number of para-hydroxylation sites is 1. The maximum atomic E-state index is 13.0. The summed E-state index contributed by atoms with van der Waals surface area (Å²) < 4.78 is 44.6. The highest BCUT2D eigenvalue weighted by molar-refractivity contribution is 7.18. The Hall–Kier alpha value is -3.66. The van der Waals surface area contributed by atoms with Crippen molar-refractivity contribution in [3.63, 3.8) is 0 Å². The number of alkyl halides is 3. The highest BCUT2D eigenvalue weighted by atomic mass is 32.1. The summed E-state index contributed by atoms with van der Waals surface area (Å²) in [6.45, 7) is 5.33. The monoisotopic (exact) mass is 487 g/mol. The smallest absolute Gasteiger partial charge is 0.416 e. The van der Waals surface area contributed by atoms with Crippen LogP contribution in [0.4, 0.5) is 24.5 Å². The fraction of sp³-hybridized carbons (Fsp3) is 0.208. The summed E-state index contributed by atoms with van der Waals surface area (Å²) in [5, 5.41) is 3.36. The van der Waals surface area contributed by atoms with Gasteiger partial charge in [0, 0.05) is 10.6 Å². The molecule has 0 aliphatic rings. The van der Waals surface area contributed by atoms with Crippen molar-refractivity contribution < 1.29 is 22.7 Å². The molecule has 0 saturated heterocycles. The van der Waals surface area contributed by atoms with E-state index in [1.54, 1.807) is 25.1 Å². The molecular formula is C24H20F3N3O3S. The van der Waals surface area contributed by atoms with E-state index in [1.165, 1.54) is 29.5 Å². The number of aromatic amines is 1. The molecule has 0 fully saturated rings. The molecular weight excluding hydrogens is 467 g/mol. The number of aromatic nitrogens is 2. The van der Waals surface area contributed by atoms with Gasteiger partial charge in [0.1, 0.15) is 4.83 Å². The van der Waals surface area contributed by atoms with Crippen molar-refractivity contribution in [1.29, 1.82) is 0 Å². The van der Waals surface area contributed by atoms with Gasteiger partial charge in [0.05, 0.1) is 22.2 Å². The number of H-pyrrole nitrogens is 1. The molecule has 0 amide bonds. The van der Waals surface area contributed by atoms with Gasteiger partial charge in [-0.2, -0.15) is 13.2 Å². The number of anilines is 2. The lowest BCUT2D eigenvalue weighted by Crippen LogP contribution is -2.17. The minimum absolute atomic E-state index is 0.123. The first-order valence-electron chi connectivity index (χ1n) is 10.3. The summed E-state index contributed by atoms with van der Waals surface area (Å²) in [6, 6.07) is 11.0. The lowest BCUT2D eigenvalue weighted by Gasteiger charge is -2.16. The van der Waals surface area contributed by atoms with Crippen LogP contribution in [0.5, 0.6) is 0 Å². The van der Waals surface area contributed by atoms with E-state index in [2.05, 4.69) is 15.3 Å². The zero-order valence-electron chi connectivity index (χ0n) is 18.4. The van der Waals surface area contributed by atoms with Gasteiger partial charge in [0.2, 0.25) is 0 Å². The van der Waals surface area contributed by atoms with Gasteiger partial charge in [0.15, 0.2) is 11.9 Å². The van der Waals surface area contributed by atoms with E-state index >= 15 is 0 Å². The molecule has 34 heavy (non-hydrogen) atoms. The Morgan fingerprint density at radius 2 is 1.88 bits per heavy atom. The fourth-order valence-electron chi connectivity index (χ4n) is 3.44. The van der Waals surface area contributed by atoms with Crippen LogP contribution in [0.25, 0.3) is 10.2 Å². The summed E-state index contributed by atoms with van der Waals surface area (Å²) in [7, 11) is 0. The van der Waals surface area contributed by atoms with Gasteiger partial charge < -0.3 is 15.0 Å². The molecule has 0 aliphatic carbocycles. The Bertz CT molecular complexity index is 1440. The van der Waals surface area contributed by atoms with Gasteiger partial charge in [-0.3, -0.25) is 4.79 Å². The van der Waals surface area contributed by atoms with E-state index in [4.69, 9.17) is 4.74 Å². The Morgan fingerprint density at radius 3 is 2.62 bits per heavy atom. The number of nitrogens with zero attached hydrogens (tertiary/aromatic N) is 1. The maximum Gasteiger partial charge on any atom is 0.416 e. The average Bonchev–Trinajstić information content (AvgIpc) is 3.07. The second kappa shape index (κ2) is 8.94. The van der Waals surface area contributed by atoms with E-state index in [0.717, 1.165) is 22.6 Å². The molecule has 2 aromatic heterocycles. The zero-order valence-corrected chi connectivity index (χ0v) is 19.2. The Kier molecular flexibility index (Phi) is 6.18. The van der Waals surface area contributed by atoms with Gasteiger partial charge in [0.25, 0.3) is 5.56 Å². The third-order valence-electron chi connectivity index (χ3n) is 5.34. The molecule has 0 radical (unpaired) electrons. The van der Waals surface area contributed by atoms with Crippen LogP contribution in [-0.4, -0.2) is 15.9 Å². The third-order valence-corrected chi connectivity index (χ3v) is 6.44.